The van der Waals surface area contributed by atoms with Gasteiger partial charge in [0.2, 0.25) is 5.91 Å². The van der Waals surface area contributed by atoms with Crippen LogP contribution in [0, 0.1) is 5.92 Å². The van der Waals surface area contributed by atoms with E-state index in [0.29, 0.717) is 10.7 Å². The summed E-state index contributed by atoms with van der Waals surface area (Å²) < 4.78 is 42.0. The number of halogens is 3. The van der Waals surface area contributed by atoms with Crippen LogP contribution >= 0.6 is 11.3 Å². The van der Waals surface area contributed by atoms with E-state index in [-0.39, 0.29) is 29.6 Å². The molecule has 1 saturated carbocycles. The topological polar surface area (TPSA) is 93.4 Å². The molecule has 0 atom stereocenters. The van der Waals surface area contributed by atoms with E-state index in [1.165, 1.54) is 23.5 Å². The molecule has 2 aromatic carbocycles. The van der Waals surface area contributed by atoms with E-state index < -0.39 is 17.6 Å². The van der Waals surface area contributed by atoms with Crippen molar-refractivity contribution >= 4 is 45.6 Å². The van der Waals surface area contributed by atoms with Gasteiger partial charge in [-0.05, 0) is 66.9 Å². The van der Waals surface area contributed by atoms with Crippen LogP contribution in [-0.2, 0) is 17.5 Å². The zero-order valence-electron chi connectivity index (χ0n) is 23.1. The lowest BCUT2D eigenvalue weighted by atomic mass is 10.0. The van der Waals surface area contributed by atoms with E-state index >= 15 is 0 Å². The first-order valence-corrected chi connectivity index (χ1v) is 14.8. The lowest BCUT2D eigenvalue weighted by Gasteiger charge is -2.34. The third-order valence-electron chi connectivity index (χ3n) is 7.85. The predicted molar refractivity (Wildman–Crippen MR) is 158 cm³/mol. The quantitative estimate of drug-likeness (QED) is 0.230. The van der Waals surface area contributed by atoms with E-state index in [1.54, 1.807) is 12.1 Å². The Morgan fingerprint density at radius 3 is 2.48 bits per heavy atom. The number of thiophene rings is 1. The molecule has 42 heavy (non-hydrogen) atoms. The molecule has 3 heterocycles. The maximum Gasteiger partial charge on any atom is 0.416 e. The number of anilines is 2. The molecular weight excluding hydrogens is 565 g/mol. The summed E-state index contributed by atoms with van der Waals surface area (Å²) in [5, 5.41) is 13.5. The number of aromatic amines is 1. The predicted octanol–water partition coefficient (Wildman–Crippen LogP) is 6.05. The van der Waals surface area contributed by atoms with E-state index in [0.717, 1.165) is 73.0 Å². The molecule has 0 unspecified atom stereocenters. The highest BCUT2D eigenvalue weighted by atomic mass is 32.1. The van der Waals surface area contributed by atoms with Crippen molar-refractivity contribution in [2.24, 2.45) is 5.92 Å². The van der Waals surface area contributed by atoms with Crippen LogP contribution in [0.3, 0.4) is 0 Å². The number of fused-ring (bicyclic) bond motifs is 1. The third kappa shape index (κ3) is 6.20. The molecule has 1 aliphatic carbocycles. The van der Waals surface area contributed by atoms with Crippen molar-refractivity contribution in [1.29, 1.82) is 0 Å². The highest BCUT2D eigenvalue weighted by Gasteiger charge is 2.34. The van der Waals surface area contributed by atoms with E-state index in [9.17, 15) is 22.8 Å². The Balaban J connectivity index is 1.14. The number of amides is 2. The summed E-state index contributed by atoms with van der Waals surface area (Å²) in [5.74, 6) is 0.0545. The number of aromatic nitrogens is 2. The fraction of sp³-hybridized carbons (Fsp3) is 0.367. The minimum Gasteiger partial charge on any atom is -0.321 e. The molecule has 2 aromatic heterocycles. The van der Waals surface area contributed by atoms with Crippen LogP contribution in [0.4, 0.5) is 24.7 Å². The highest BCUT2D eigenvalue weighted by molar-refractivity contribution is 7.17. The fourth-order valence-electron chi connectivity index (χ4n) is 5.20. The summed E-state index contributed by atoms with van der Waals surface area (Å²) in [6.07, 6.45) is -2.74. The summed E-state index contributed by atoms with van der Waals surface area (Å²) in [5.41, 5.74) is 1.16. The molecule has 1 aliphatic heterocycles. The number of carbonyl (C=O) groups is 2. The van der Waals surface area contributed by atoms with Crippen LogP contribution in [0.25, 0.3) is 21.3 Å². The molecule has 2 aliphatic rings. The first-order valence-electron chi connectivity index (χ1n) is 14.0. The number of H-pyrrole nitrogens is 1. The lowest BCUT2D eigenvalue weighted by Crippen LogP contribution is -2.45. The molecule has 1 saturated heterocycles. The minimum atomic E-state index is -4.54. The standard InChI is InChI=1S/C30H31F3N6O2S/c1-2-38-11-13-39(14-12-38)17-20-5-7-21(16-23(20)30(31,32)33)34-29(41)26-10-9-25(42-26)19-6-8-22-24(15-19)36-37-27(22)35-28(40)18-3-4-18/h5-10,15-16,18H,2-4,11-14,17H2,1H3,(H,34,41)(H2,35,36,37,40). The number of piperazine rings is 1. The highest BCUT2D eigenvalue weighted by Crippen LogP contribution is 2.36. The molecule has 6 rings (SSSR count). The van der Waals surface area contributed by atoms with Gasteiger partial charge in [0.25, 0.3) is 5.91 Å². The zero-order chi connectivity index (χ0) is 29.4. The minimum absolute atomic E-state index is 0.0242. The first-order chi connectivity index (χ1) is 20.2. The number of likely N-dealkylation sites (N-methyl/N-ethyl adjacent to an activating group) is 1. The summed E-state index contributed by atoms with van der Waals surface area (Å²) >= 11 is 1.24. The molecule has 220 valence electrons. The number of nitrogens with one attached hydrogen (secondary N) is 3. The van der Waals surface area contributed by atoms with E-state index in [4.69, 9.17) is 0 Å². The molecule has 12 heteroatoms. The van der Waals surface area contributed by atoms with E-state index in [2.05, 4.69) is 32.7 Å². The van der Waals surface area contributed by atoms with Gasteiger partial charge in [-0.15, -0.1) is 11.3 Å². The lowest BCUT2D eigenvalue weighted by molar-refractivity contribution is -0.138. The van der Waals surface area contributed by atoms with Gasteiger partial charge >= 0.3 is 6.18 Å². The Labute approximate surface area is 244 Å². The van der Waals surface area contributed by atoms with Crippen molar-refractivity contribution < 1.29 is 22.8 Å². The van der Waals surface area contributed by atoms with Gasteiger partial charge in [-0.2, -0.15) is 18.3 Å². The largest absolute Gasteiger partial charge is 0.416 e. The summed E-state index contributed by atoms with van der Waals surface area (Å²) in [7, 11) is 0. The number of carbonyl (C=O) groups excluding carboxylic acids is 2. The zero-order valence-corrected chi connectivity index (χ0v) is 23.9. The second-order valence-corrected chi connectivity index (χ2v) is 11.9. The van der Waals surface area contributed by atoms with Crippen molar-refractivity contribution in [3.05, 3.63) is 64.5 Å². The van der Waals surface area contributed by atoms with Crippen molar-refractivity contribution in [3.63, 3.8) is 0 Å². The second-order valence-electron chi connectivity index (χ2n) is 10.8. The van der Waals surface area contributed by atoms with Gasteiger partial charge < -0.3 is 15.5 Å². The molecule has 3 N–H and O–H groups in total. The van der Waals surface area contributed by atoms with Gasteiger partial charge in [-0.25, -0.2) is 0 Å². The maximum absolute atomic E-state index is 14.0. The number of rotatable bonds is 8. The van der Waals surface area contributed by atoms with Gasteiger partial charge in [0, 0.05) is 54.6 Å². The fourth-order valence-corrected chi connectivity index (χ4v) is 6.10. The van der Waals surface area contributed by atoms with Crippen molar-refractivity contribution in [2.45, 2.75) is 32.5 Å². The third-order valence-corrected chi connectivity index (χ3v) is 8.98. The number of nitrogens with zero attached hydrogens (tertiary/aromatic N) is 3. The first kappa shape index (κ1) is 28.4. The monoisotopic (exact) mass is 596 g/mol. The Bertz CT molecular complexity index is 1620. The Hall–Kier alpha value is -3.74. The van der Waals surface area contributed by atoms with Crippen molar-refractivity contribution in [2.75, 3.05) is 43.4 Å². The van der Waals surface area contributed by atoms with Gasteiger partial charge in [-0.3, -0.25) is 19.6 Å². The average Bonchev–Trinajstić information content (AvgIpc) is 3.58. The molecule has 8 nitrogen and oxygen atoms in total. The van der Waals surface area contributed by atoms with Gasteiger partial charge in [0.1, 0.15) is 0 Å². The van der Waals surface area contributed by atoms with E-state index in [1.807, 2.05) is 23.1 Å². The van der Waals surface area contributed by atoms with Crippen LogP contribution in [0.1, 0.15) is 40.6 Å². The Morgan fingerprint density at radius 2 is 1.76 bits per heavy atom. The summed E-state index contributed by atoms with van der Waals surface area (Å²) in [6.45, 7) is 6.34. The smallest absolute Gasteiger partial charge is 0.321 e. The summed E-state index contributed by atoms with van der Waals surface area (Å²) in [6, 6.07) is 13.1. The molecule has 0 spiro atoms. The maximum atomic E-state index is 14.0. The molecule has 2 fully saturated rings. The normalized spacial score (nSPS) is 16.6. The SMILES string of the molecule is CCN1CCN(Cc2ccc(NC(=O)c3ccc(-c4ccc5c(NC(=O)C6CC6)n[nH]c5c4)s3)cc2C(F)(F)F)CC1. The Kier molecular flexibility index (Phi) is 7.77. The number of hydrogen-bond acceptors (Lipinski definition) is 6. The molecular formula is C30H31F3N6O2S. The van der Waals surface area contributed by atoms with Crippen LogP contribution in [0.2, 0.25) is 0 Å². The van der Waals surface area contributed by atoms with Crippen LogP contribution in [0.5, 0.6) is 0 Å². The number of hydrogen-bond donors (Lipinski definition) is 3. The number of alkyl halides is 3. The van der Waals surface area contributed by atoms with Crippen LogP contribution in [-0.4, -0.2) is 64.5 Å². The average molecular weight is 597 g/mol. The van der Waals surface area contributed by atoms with Crippen LogP contribution < -0.4 is 10.6 Å². The Morgan fingerprint density at radius 1 is 1.00 bits per heavy atom. The van der Waals surface area contributed by atoms with Crippen molar-refractivity contribution in [1.82, 2.24) is 20.0 Å². The van der Waals surface area contributed by atoms with Crippen molar-refractivity contribution in [3.8, 4) is 10.4 Å². The molecule has 0 bridgehead atoms. The van der Waals surface area contributed by atoms with Gasteiger partial charge in [0.05, 0.1) is 16.0 Å². The van der Waals surface area contributed by atoms with Crippen LogP contribution in [0.15, 0.2) is 48.5 Å². The summed E-state index contributed by atoms with van der Waals surface area (Å²) in [4.78, 5) is 30.6. The number of benzene rings is 2. The molecule has 4 aromatic rings. The molecule has 2 amide bonds. The van der Waals surface area contributed by atoms with Gasteiger partial charge in [-0.1, -0.05) is 19.1 Å². The molecule has 0 radical (unpaired) electrons. The second kappa shape index (κ2) is 11.5. The van der Waals surface area contributed by atoms with Gasteiger partial charge in [0.15, 0.2) is 5.82 Å².